The summed E-state index contributed by atoms with van der Waals surface area (Å²) in [6.07, 6.45) is 1.62. The normalized spacial score (nSPS) is 24.4. The van der Waals surface area contributed by atoms with Gasteiger partial charge in [-0.05, 0) is 25.3 Å². The maximum absolute atomic E-state index is 12.8. The van der Waals surface area contributed by atoms with Crippen LogP contribution >= 0.6 is 0 Å². The molecular weight excluding hydrogens is 300 g/mol. The van der Waals surface area contributed by atoms with E-state index in [0.29, 0.717) is 5.69 Å². The first-order chi connectivity index (χ1) is 10.4. The molecule has 0 bridgehead atoms. The Labute approximate surface area is 129 Å². The van der Waals surface area contributed by atoms with Crippen molar-refractivity contribution in [2.24, 2.45) is 0 Å². The average Bonchev–Trinajstić information content (AvgIpc) is 2.52. The first-order valence-corrected chi connectivity index (χ1v) is 8.99. The Morgan fingerprint density at radius 3 is 2.73 bits per heavy atom. The maximum Gasteiger partial charge on any atom is 0.273 e. The molecule has 1 fully saturated rings. The fraction of sp³-hybridized carbons (Fsp3) is 0.375. The highest BCUT2D eigenvalue weighted by molar-refractivity contribution is 7.92. The van der Waals surface area contributed by atoms with Gasteiger partial charge in [0.05, 0.1) is 11.0 Å². The van der Waals surface area contributed by atoms with E-state index >= 15 is 0 Å². The Morgan fingerprint density at radius 1 is 1.23 bits per heavy atom. The second kappa shape index (κ2) is 5.35. The van der Waals surface area contributed by atoms with Gasteiger partial charge in [-0.1, -0.05) is 24.3 Å². The van der Waals surface area contributed by atoms with Crippen LogP contribution in [0.15, 0.2) is 36.5 Å². The Morgan fingerprint density at radius 2 is 1.95 bits per heavy atom. The lowest BCUT2D eigenvalue weighted by Crippen LogP contribution is -2.54. The molecule has 116 valence electrons. The first-order valence-electron chi connectivity index (χ1n) is 7.28. The summed E-state index contributed by atoms with van der Waals surface area (Å²) in [7, 11) is -3.12. The van der Waals surface area contributed by atoms with Crippen molar-refractivity contribution in [2.75, 3.05) is 12.3 Å². The number of nitrogens with zero attached hydrogens (tertiary/aromatic N) is 2. The fourth-order valence-electron chi connectivity index (χ4n) is 2.88. The number of sulfone groups is 1. The molecule has 2 atom stereocenters. The summed E-state index contributed by atoms with van der Waals surface area (Å²) >= 11 is 0. The molecule has 1 aromatic heterocycles. The zero-order valence-electron chi connectivity index (χ0n) is 12.6. The van der Waals surface area contributed by atoms with Crippen molar-refractivity contribution in [1.82, 2.24) is 9.88 Å². The SMILES string of the molecule is CC1C(C)S(=O)(=O)CCN1C(=O)c1nccc2ccccc12. The second-order valence-electron chi connectivity index (χ2n) is 5.69. The number of benzene rings is 1. The van der Waals surface area contributed by atoms with Crippen LogP contribution in [-0.4, -0.2) is 47.8 Å². The minimum Gasteiger partial charge on any atom is -0.332 e. The van der Waals surface area contributed by atoms with Gasteiger partial charge in [0, 0.05) is 24.2 Å². The Kier molecular flexibility index (Phi) is 3.64. The lowest BCUT2D eigenvalue weighted by atomic mass is 10.1. The highest BCUT2D eigenvalue weighted by Crippen LogP contribution is 2.24. The number of aromatic nitrogens is 1. The highest BCUT2D eigenvalue weighted by Gasteiger charge is 2.38. The van der Waals surface area contributed by atoms with E-state index in [0.717, 1.165) is 10.8 Å². The van der Waals surface area contributed by atoms with Crippen molar-refractivity contribution in [2.45, 2.75) is 25.1 Å². The van der Waals surface area contributed by atoms with Gasteiger partial charge in [0.1, 0.15) is 5.69 Å². The number of amides is 1. The van der Waals surface area contributed by atoms with Gasteiger partial charge in [0.25, 0.3) is 5.91 Å². The van der Waals surface area contributed by atoms with Crippen LogP contribution in [0.3, 0.4) is 0 Å². The Balaban J connectivity index is 2.00. The summed E-state index contributed by atoms with van der Waals surface area (Å²) in [5, 5.41) is 1.19. The number of hydrogen-bond donors (Lipinski definition) is 0. The molecule has 0 aliphatic carbocycles. The van der Waals surface area contributed by atoms with Crippen LogP contribution in [0.4, 0.5) is 0 Å². The molecule has 1 amide bonds. The second-order valence-corrected chi connectivity index (χ2v) is 8.17. The zero-order valence-corrected chi connectivity index (χ0v) is 13.4. The molecule has 2 unspecified atom stereocenters. The maximum atomic E-state index is 12.8. The predicted octanol–water partition coefficient (Wildman–Crippen LogP) is 1.88. The summed E-state index contributed by atoms with van der Waals surface area (Å²) in [5.41, 5.74) is 0.386. The van der Waals surface area contributed by atoms with Crippen LogP contribution in [0.25, 0.3) is 10.8 Å². The summed E-state index contributed by atoms with van der Waals surface area (Å²) in [6, 6.07) is 9.08. The van der Waals surface area contributed by atoms with Crippen LogP contribution < -0.4 is 0 Å². The largest absolute Gasteiger partial charge is 0.332 e. The third-order valence-corrected chi connectivity index (χ3v) is 6.77. The Hall–Kier alpha value is -1.95. The average molecular weight is 318 g/mol. The molecule has 22 heavy (non-hydrogen) atoms. The smallest absolute Gasteiger partial charge is 0.273 e. The van der Waals surface area contributed by atoms with Gasteiger partial charge < -0.3 is 4.90 Å². The van der Waals surface area contributed by atoms with Crippen LogP contribution in [0, 0.1) is 0 Å². The molecule has 1 aliphatic rings. The van der Waals surface area contributed by atoms with Crippen molar-refractivity contribution < 1.29 is 13.2 Å². The van der Waals surface area contributed by atoms with E-state index in [-0.39, 0.29) is 24.2 Å². The van der Waals surface area contributed by atoms with Crippen molar-refractivity contribution in [1.29, 1.82) is 0 Å². The quantitative estimate of drug-likeness (QED) is 0.805. The van der Waals surface area contributed by atoms with Crippen LogP contribution in [0.5, 0.6) is 0 Å². The van der Waals surface area contributed by atoms with Gasteiger partial charge in [-0.3, -0.25) is 9.78 Å². The van der Waals surface area contributed by atoms with Gasteiger partial charge in [-0.25, -0.2) is 8.42 Å². The highest BCUT2D eigenvalue weighted by atomic mass is 32.2. The summed E-state index contributed by atoms with van der Waals surface area (Å²) in [5.74, 6) is -0.194. The first kappa shape index (κ1) is 15.0. The molecule has 5 nitrogen and oxygen atoms in total. The minimum absolute atomic E-state index is 0.00894. The monoisotopic (exact) mass is 318 g/mol. The van der Waals surface area contributed by atoms with Crippen molar-refractivity contribution >= 4 is 26.5 Å². The number of carbonyl (C=O) groups is 1. The van der Waals surface area contributed by atoms with Crippen molar-refractivity contribution in [3.05, 3.63) is 42.2 Å². The molecule has 2 aromatic rings. The minimum atomic E-state index is -3.12. The van der Waals surface area contributed by atoms with E-state index in [1.807, 2.05) is 30.3 Å². The van der Waals surface area contributed by atoms with E-state index < -0.39 is 15.1 Å². The van der Waals surface area contributed by atoms with Gasteiger partial charge in [-0.2, -0.15) is 0 Å². The molecule has 0 spiro atoms. The van der Waals surface area contributed by atoms with Crippen LogP contribution in [0.1, 0.15) is 24.3 Å². The molecule has 0 saturated carbocycles. The van der Waals surface area contributed by atoms with E-state index in [2.05, 4.69) is 4.98 Å². The number of rotatable bonds is 1. The van der Waals surface area contributed by atoms with Crippen LogP contribution in [-0.2, 0) is 9.84 Å². The van der Waals surface area contributed by atoms with Gasteiger partial charge in [0.2, 0.25) is 0 Å². The molecule has 6 heteroatoms. The molecule has 1 saturated heterocycles. The summed E-state index contributed by atoms with van der Waals surface area (Å²) in [4.78, 5) is 18.7. The van der Waals surface area contributed by atoms with E-state index in [1.54, 1.807) is 24.9 Å². The predicted molar refractivity (Wildman–Crippen MR) is 85.5 cm³/mol. The van der Waals surface area contributed by atoms with Gasteiger partial charge >= 0.3 is 0 Å². The molecule has 0 N–H and O–H groups in total. The standard InChI is InChI=1S/C16H18N2O3S/c1-11-12(2)22(20,21)10-9-18(11)16(19)15-14-6-4-3-5-13(14)7-8-17-15/h3-8,11-12H,9-10H2,1-2H3. The number of carbonyl (C=O) groups excluding carboxylic acids is 1. The van der Waals surface area contributed by atoms with E-state index in [1.165, 1.54) is 0 Å². The molecule has 0 radical (unpaired) electrons. The van der Waals surface area contributed by atoms with Gasteiger partial charge in [-0.15, -0.1) is 0 Å². The molecule has 1 aromatic carbocycles. The lowest BCUT2D eigenvalue weighted by molar-refractivity contribution is 0.0689. The molecule has 2 heterocycles. The molecule has 1 aliphatic heterocycles. The lowest BCUT2D eigenvalue weighted by Gasteiger charge is -2.37. The zero-order chi connectivity index (χ0) is 15.9. The third-order valence-electron chi connectivity index (χ3n) is 4.49. The number of hydrogen-bond acceptors (Lipinski definition) is 4. The Bertz CT molecular complexity index is 827. The topological polar surface area (TPSA) is 67.3 Å². The summed E-state index contributed by atoms with van der Waals surface area (Å²) in [6.45, 7) is 3.66. The summed E-state index contributed by atoms with van der Waals surface area (Å²) < 4.78 is 23.9. The van der Waals surface area contributed by atoms with E-state index in [4.69, 9.17) is 0 Å². The van der Waals surface area contributed by atoms with Crippen LogP contribution in [0.2, 0.25) is 0 Å². The van der Waals surface area contributed by atoms with Crippen molar-refractivity contribution in [3.63, 3.8) is 0 Å². The van der Waals surface area contributed by atoms with E-state index in [9.17, 15) is 13.2 Å². The molecular formula is C16H18N2O3S. The fourth-order valence-corrected chi connectivity index (χ4v) is 4.45. The van der Waals surface area contributed by atoms with Crippen molar-refractivity contribution in [3.8, 4) is 0 Å². The number of pyridine rings is 1. The third kappa shape index (κ3) is 2.37. The molecule has 3 rings (SSSR count). The van der Waals surface area contributed by atoms with Gasteiger partial charge in [0.15, 0.2) is 9.84 Å². The number of fused-ring (bicyclic) bond motifs is 1.